The molecule has 1 aliphatic heterocycles. The van der Waals surface area contributed by atoms with Crippen molar-refractivity contribution in [3.63, 3.8) is 0 Å². The Kier molecular flexibility index (Phi) is 6.59. The number of anilines is 2. The van der Waals surface area contributed by atoms with Crippen LogP contribution in [0.1, 0.15) is 16.9 Å². The predicted octanol–water partition coefficient (Wildman–Crippen LogP) is 1.48. The van der Waals surface area contributed by atoms with Crippen molar-refractivity contribution in [1.29, 1.82) is 0 Å². The second-order valence-corrected chi connectivity index (χ2v) is 6.98. The second kappa shape index (κ2) is 9.32. The summed E-state index contributed by atoms with van der Waals surface area (Å²) >= 11 is 0. The van der Waals surface area contributed by atoms with E-state index in [1.165, 1.54) is 5.69 Å². The Balaban J connectivity index is 1.48. The molecule has 1 aromatic heterocycles. The van der Waals surface area contributed by atoms with Crippen molar-refractivity contribution < 1.29 is 4.79 Å². The zero-order valence-corrected chi connectivity index (χ0v) is 16.1. The van der Waals surface area contributed by atoms with Crippen LogP contribution in [0.5, 0.6) is 0 Å². The van der Waals surface area contributed by atoms with E-state index < -0.39 is 0 Å². The van der Waals surface area contributed by atoms with E-state index in [0.717, 1.165) is 45.0 Å². The summed E-state index contributed by atoms with van der Waals surface area (Å²) in [4.78, 5) is 27.6. The summed E-state index contributed by atoms with van der Waals surface area (Å²) in [6.07, 6.45) is 4.18. The number of carbonyl (C=O) groups excluding carboxylic acids is 1. The Labute approximate surface area is 161 Å². The van der Waals surface area contributed by atoms with Crippen LogP contribution in [0.15, 0.2) is 42.7 Å². The van der Waals surface area contributed by atoms with Crippen LogP contribution in [0.3, 0.4) is 0 Å². The van der Waals surface area contributed by atoms with Gasteiger partial charge < -0.3 is 20.0 Å². The second-order valence-electron chi connectivity index (χ2n) is 6.98. The minimum Gasteiger partial charge on any atom is -0.368 e. The van der Waals surface area contributed by atoms with Gasteiger partial charge in [0.1, 0.15) is 11.5 Å². The largest absolute Gasteiger partial charge is 0.368 e. The zero-order valence-electron chi connectivity index (χ0n) is 16.1. The Morgan fingerprint density at radius 2 is 1.74 bits per heavy atom. The van der Waals surface area contributed by atoms with E-state index in [-0.39, 0.29) is 5.91 Å². The average molecular weight is 368 g/mol. The van der Waals surface area contributed by atoms with E-state index >= 15 is 0 Å². The molecule has 144 valence electrons. The summed E-state index contributed by atoms with van der Waals surface area (Å²) in [5.74, 6) is 0.661. The van der Waals surface area contributed by atoms with Crippen molar-refractivity contribution >= 4 is 17.4 Å². The maximum Gasteiger partial charge on any atom is 0.271 e. The van der Waals surface area contributed by atoms with E-state index in [1.807, 2.05) is 20.2 Å². The molecule has 1 fully saturated rings. The summed E-state index contributed by atoms with van der Waals surface area (Å²) in [5.41, 5.74) is 1.62. The highest BCUT2D eigenvalue weighted by Crippen LogP contribution is 2.18. The van der Waals surface area contributed by atoms with Gasteiger partial charge in [-0.2, -0.15) is 0 Å². The van der Waals surface area contributed by atoms with E-state index in [9.17, 15) is 4.79 Å². The smallest absolute Gasteiger partial charge is 0.271 e. The average Bonchev–Trinajstić information content (AvgIpc) is 2.72. The molecule has 27 heavy (non-hydrogen) atoms. The third kappa shape index (κ3) is 5.40. The molecule has 2 heterocycles. The van der Waals surface area contributed by atoms with Crippen LogP contribution in [-0.2, 0) is 0 Å². The summed E-state index contributed by atoms with van der Waals surface area (Å²) in [5, 5.41) is 2.89. The summed E-state index contributed by atoms with van der Waals surface area (Å²) < 4.78 is 0. The van der Waals surface area contributed by atoms with Gasteiger partial charge in [0.05, 0.1) is 12.4 Å². The Morgan fingerprint density at radius 1 is 1.04 bits per heavy atom. The number of amides is 1. The van der Waals surface area contributed by atoms with Gasteiger partial charge in [-0.3, -0.25) is 4.79 Å². The molecule has 1 aliphatic rings. The molecule has 1 N–H and O–H groups in total. The van der Waals surface area contributed by atoms with Gasteiger partial charge in [0.2, 0.25) is 0 Å². The van der Waals surface area contributed by atoms with Crippen LogP contribution in [0.25, 0.3) is 0 Å². The highest BCUT2D eigenvalue weighted by molar-refractivity contribution is 5.91. The molecule has 7 nitrogen and oxygen atoms in total. The predicted molar refractivity (Wildman–Crippen MR) is 108 cm³/mol. The first-order valence-electron chi connectivity index (χ1n) is 9.43. The number of aromatic nitrogens is 2. The third-order valence-corrected chi connectivity index (χ3v) is 4.66. The Morgan fingerprint density at radius 3 is 2.37 bits per heavy atom. The number of nitrogens with one attached hydrogen (secondary N) is 1. The monoisotopic (exact) mass is 368 g/mol. The molecule has 2 aromatic rings. The molecule has 0 saturated carbocycles. The highest BCUT2D eigenvalue weighted by atomic mass is 16.1. The summed E-state index contributed by atoms with van der Waals surface area (Å²) in [6, 6.07) is 10.5. The van der Waals surface area contributed by atoms with Crippen molar-refractivity contribution in [2.75, 3.05) is 63.2 Å². The summed E-state index contributed by atoms with van der Waals surface area (Å²) in [7, 11) is 4.04. The number of carbonyl (C=O) groups is 1. The lowest BCUT2D eigenvalue weighted by Gasteiger charge is -2.36. The van der Waals surface area contributed by atoms with Gasteiger partial charge >= 0.3 is 0 Å². The van der Waals surface area contributed by atoms with E-state index in [1.54, 1.807) is 12.4 Å². The quantitative estimate of drug-likeness (QED) is 0.747. The molecular formula is C20H28N6O. The first kappa shape index (κ1) is 19.1. The van der Waals surface area contributed by atoms with E-state index in [4.69, 9.17) is 0 Å². The zero-order chi connectivity index (χ0) is 19.1. The maximum atomic E-state index is 12.1. The van der Waals surface area contributed by atoms with Crippen molar-refractivity contribution in [1.82, 2.24) is 20.2 Å². The van der Waals surface area contributed by atoms with Gasteiger partial charge in [-0.05, 0) is 39.2 Å². The van der Waals surface area contributed by atoms with Gasteiger partial charge in [-0.15, -0.1) is 0 Å². The van der Waals surface area contributed by atoms with Crippen LogP contribution in [0.2, 0.25) is 0 Å². The standard InChI is InChI=1S/C20H28N6O/c1-24(2)10-6-9-21-20(27)18-15-23-19(16-22-18)26-13-11-25(12-14-26)17-7-4-3-5-8-17/h3-5,7-8,15-16H,6,9-14H2,1-2H3,(H,21,27). The van der Waals surface area contributed by atoms with Crippen LogP contribution in [0, 0.1) is 0 Å². The number of rotatable bonds is 7. The normalized spacial score (nSPS) is 14.5. The van der Waals surface area contributed by atoms with Gasteiger partial charge in [0.15, 0.2) is 0 Å². The fourth-order valence-corrected chi connectivity index (χ4v) is 3.12. The third-order valence-electron chi connectivity index (χ3n) is 4.66. The lowest BCUT2D eigenvalue weighted by molar-refractivity contribution is 0.0947. The summed E-state index contributed by atoms with van der Waals surface area (Å²) in [6.45, 7) is 5.25. The topological polar surface area (TPSA) is 64.6 Å². The van der Waals surface area contributed by atoms with Crippen molar-refractivity contribution in [2.45, 2.75) is 6.42 Å². The van der Waals surface area contributed by atoms with E-state index in [2.05, 4.69) is 54.2 Å². The molecule has 1 amide bonds. The van der Waals surface area contributed by atoms with Gasteiger partial charge in [0, 0.05) is 38.4 Å². The number of piperazine rings is 1. The highest BCUT2D eigenvalue weighted by Gasteiger charge is 2.19. The van der Waals surface area contributed by atoms with Crippen molar-refractivity contribution in [3.8, 4) is 0 Å². The molecule has 1 saturated heterocycles. The number of para-hydroxylation sites is 1. The Hall–Kier alpha value is -2.67. The molecule has 0 radical (unpaired) electrons. The Bertz CT molecular complexity index is 711. The molecule has 1 aromatic carbocycles. The van der Waals surface area contributed by atoms with E-state index in [0.29, 0.717) is 12.2 Å². The molecule has 0 bridgehead atoms. The molecule has 0 unspecified atom stereocenters. The number of benzene rings is 1. The molecular weight excluding hydrogens is 340 g/mol. The van der Waals surface area contributed by atoms with Gasteiger partial charge in [-0.1, -0.05) is 18.2 Å². The first-order valence-corrected chi connectivity index (χ1v) is 9.43. The SMILES string of the molecule is CN(C)CCCNC(=O)c1cnc(N2CCN(c3ccccc3)CC2)cn1. The lowest BCUT2D eigenvalue weighted by atomic mass is 10.2. The fourth-order valence-electron chi connectivity index (χ4n) is 3.12. The molecule has 3 rings (SSSR count). The van der Waals surface area contributed by atoms with Crippen LogP contribution in [0.4, 0.5) is 11.5 Å². The van der Waals surface area contributed by atoms with Crippen molar-refractivity contribution in [3.05, 3.63) is 48.4 Å². The lowest BCUT2D eigenvalue weighted by Crippen LogP contribution is -2.46. The number of nitrogens with zero attached hydrogens (tertiary/aromatic N) is 5. The van der Waals surface area contributed by atoms with Crippen LogP contribution in [-0.4, -0.2) is 74.1 Å². The minimum absolute atomic E-state index is 0.165. The fraction of sp³-hybridized carbons (Fsp3) is 0.450. The van der Waals surface area contributed by atoms with Crippen molar-refractivity contribution in [2.24, 2.45) is 0 Å². The number of hydrogen-bond acceptors (Lipinski definition) is 6. The molecule has 7 heteroatoms. The van der Waals surface area contributed by atoms with Gasteiger partial charge in [0.25, 0.3) is 5.91 Å². The molecule has 0 spiro atoms. The van der Waals surface area contributed by atoms with Crippen LogP contribution < -0.4 is 15.1 Å². The first-order chi connectivity index (χ1) is 13.1. The minimum atomic E-state index is -0.165. The molecule has 0 aliphatic carbocycles. The number of hydrogen-bond donors (Lipinski definition) is 1. The molecule has 0 atom stereocenters. The van der Waals surface area contributed by atoms with Crippen LogP contribution >= 0.6 is 0 Å². The maximum absolute atomic E-state index is 12.1. The van der Waals surface area contributed by atoms with Gasteiger partial charge in [-0.25, -0.2) is 9.97 Å².